The molecule has 0 radical (unpaired) electrons. The van der Waals surface area contributed by atoms with E-state index in [-0.39, 0.29) is 35.8 Å². The van der Waals surface area contributed by atoms with Crippen LogP contribution < -0.4 is 10.4 Å². The van der Waals surface area contributed by atoms with E-state index in [1.807, 2.05) is 0 Å². The van der Waals surface area contributed by atoms with Crippen LogP contribution in [-0.4, -0.2) is 18.0 Å². The van der Waals surface area contributed by atoms with Gasteiger partial charge in [0.2, 0.25) is 0 Å². The molecule has 6 nitrogen and oxygen atoms in total. The van der Waals surface area contributed by atoms with Crippen molar-refractivity contribution in [2.45, 2.75) is 39.7 Å². The number of hydrogen-bond donors (Lipinski definition) is 0. The molecule has 7 heteroatoms. The SMILES string of the molecule is Cc1cc(=O)oc2cc(OC(=O)c3ccccc3F)c(CCC(=O)OC(C)C)cc12. The molecule has 0 atom stereocenters. The largest absolute Gasteiger partial charge is 0.463 e. The number of halogens is 1. The lowest BCUT2D eigenvalue weighted by atomic mass is 10.0. The van der Waals surface area contributed by atoms with Gasteiger partial charge in [-0.1, -0.05) is 12.1 Å². The van der Waals surface area contributed by atoms with Gasteiger partial charge in [-0.15, -0.1) is 0 Å². The maximum absolute atomic E-state index is 14.0. The molecule has 1 aromatic heterocycles. The Kier molecular flexibility index (Phi) is 6.30. The minimum absolute atomic E-state index is 0.0593. The van der Waals surface area contributed by atoms with Gasteiger partial charge in [0.05, 0.1) is 11.7 Å². The molecule has 0 N–H and O–H groups in total. The van der Waals surface area contributed by atoms with Crippen LogP contribution in [0.3, 0.4) is 0 Å². The third kappa shape index (κ3) is 4.92. The monoisotopic (exact) mass is 412 g/mol. The fraction of sp³-hybridized carbons (Fsp3) is 0.261. The highest BCUT2D eigenvalue weighted by Crippen LogP contribution is 2.29. The summed E-state index contributed by atoms with van der Waals surface area (Å²) < 4.78 is 29.7. The summed E-state index contributed by atoms with van der Waals surface area (Å²) in [5, 5.41) is 0.646. The summed E-state index contributed by atoms with van der Waals surface area (Å²) in [6.45, 7) is 5.25. The Morgan fingerprint density at radius 2 is 1.87 bits per heavy atom. The van der Waals surface area contributed by atoms with Crippen molar-refractivity contribution in [2.24, 2.45) is 0 Å². The second kappa shape index (κ2) is 8.90. The molecule has 156 valence electrons. The first-order valence-electron chi connectivity index (χ1n) is 9.48. The molecular weight excluding hydrogens is 391 g/mol. The Bertz CT molecular complexity index is 1160. The lowest BCUT2D eigenvalue weighted by Crippen LogP contribution is -2.14. The normalized spacial score (nSPS) is 11.0. The van der Waals surface area contributed by atoms with Gasteiger partial charge in [-0.3, -0.25) is 4.79 Å². The molecule has 30 heavy (non-hydrogen) atoms. The third-order valence-electron chi connectivity index (χ3n) is 4.39. The van der Waals surface area contributed by atoms with Crippen molar-refractivity contribution in [3.05, 3.63) is 75.4 Å². The maximum Gasteiger partial charge on any atom is 0.346 e. The van der Waals surface area contributed by atoms with Crippen LogP contribution in [0, 0.1) is 12.7 Å². The topological polar surface area (TPSA) is 82.8 Å². The summed E-state index contributed by atoms with van der Waals surface area (Å²) in [5.74, 6) is -1.92. The van der Waals surface area contributed by atoms with E-state index in [1.54, 1.807) is 26.8 Å². The van der Waals surface area contributed by atoms with Crippen molar-refractivity contribution in [3.8, 4) is 5.75 Å². The van der Waals surface area contributed by atoms with E-state index >= 15 is 0 Å². The van der Waals surface area contributed by atoms with Crippen LogP contribution in [-0.2, 0) is 16.0 Å². The number of esters is 2. The Balaban J connectivity index is 1.99. The van der Waals surface area contributed by atoms with E-state index in [0.29, 0.717) is 16.5 Å². The summed E-state index contributed by atoms with van der Waals surface area (Å²) in [5.41, 5.74) is 0.669. The van der Waals surface area contributed by atoms with Gasteiger partial charge in [0, 0.05) is 23.9 Å². The van der Waals surface area contributed by atoms with E-state index in [9.17, 15) is 18.8 Å². The molecule has 0 bridgehead atoms. The molecule has 0 aliphatic carbocycles. The molecule has 3 aromatic rings. The highest BCUT2D eigenvalue weighted by Gasteiger charge is 2.18. The predicted molar refractivity (Wildman–Crippen MR) is 108 cm³/mol. The van der Waals surface area contributed by atoms with E-state index in [2.05, 4.69) is 0 Å². The number of ether oxygens (including phenoxy) is 2. The summed E-state index contributed by atoms with van der Waals surface area (Å²) in [7, 11) is 0. The number of carbonyl (C=O) groups excluding carboxylic acids is 2. The molecule has 0 unspecified atom stereocenters. The molecule has 0 aliphatic heterocycles. The van der Waals surface area contributed by atoms with Crippen molar-refractivity contribution >= 4 is 22.9 Å². The summed E-state index contributed by atoms with van der Waals surface area (Å²) in [6.07, 6.45) is 0.0351. The fourth-order valence-electron chi connectivity index (χ4n) is 3.02. The first-order chi connectivity index (χ1) is 14.2. The van der Waals surface area contributed by atoms with Crippen LogP contribution in [0.2, 0.25) is 0 Å². The minimum atomic E-state index is -0.895. The van der Waals surface area contributed by atoms with E-state index < -0.39 is 23.4 Å². The van der Waals surface area contributed by atoms with Gasteiger partial charge in [0.15, 0.2) is 0 Å². The van der Waals surface area contributed by atoms with Crippen molar-refractivity contribution < 1.29 is 27.9 Å². The smallest absolute Gasteiger partial charge is 0.346 e. The zero-order chi connectivity index (χ0) is 21.8. The number of fused-ring (bicyclic) bond motifs is 1. The van der Waals surface area contributed by atoms with Crippen molar-refractivity contribution in [1.82, 2.24) is 0 Å². The van der Waals surface area contributed by atoms with Crippen molar-refractivity contribution in [3.63, 3.8) is 0 Å². The van der Waals surface area contributed by atoms with E-state index in [0.717, 1.165) is 6.07 Å². The van der Waals surface area contributed by atoms with Crippen molar-refractivity contribution in [1.29, 1.82) is 0 Å². The molecule has 0 aliphatic rings. The molecule has 0 fully saturated rings. The predicted octanol–water partition coefficient (Wildman–Crippen LogP) is 4.34. The van der Waals surface area contributed by atoms with Crippen LogP contribution in [0.25, 0.3) is 11.0 Å². The zero-order valence-corrected chi connectivity index (χ0v) is 16.9. The van der Waals surface area contributed by atoms with Gasteiger partial charge in [-0.25, -0.2) is 14.0 Å². The number of hydrogen-bond acceptors (Lipinski definition) is 6. The molecule has 0 spiro atoms. The number of rotatable bonds is 6. The van der Waals surface area contributed by atoms with Gasteiger partial charge >= 0.3 is 17.6 Å². The zero-order valence-electron chi connectivity index (χ0n) is 16.9. The maximum atomic E-state index is 14.0. The highest BCUT2D eigenvalue weighted by atomic mass is 19.1. The fourth-order valence-corrected chi connectivity index (χ4v) is 3.02. The number of carbonyl (C=O) groups is 2. The van der Waals surface area contributed by atoms with Gasteiger partial charge < -0.3 is 13.9 Å². The van der Waals surface area contributed by atoms with Crippen molar-refractivity contribution in [2.75, 3.05) is 0 Å². The highest BCUT2D eigenvalue weighted by molar-refractivity contribution is 5.92. The summed E-state index contributed by atoms with van der Waals surface area (Å²) in [4.78, 5) is 36.2. The Morgan fingerprint density at radius 1 is 1.13 bits per heavy atom. The summed E-state index contributed by atoms with van der Waals surface area (Å²) in [6, 6.07) is 9.90. The van der Waals surface area contributed by atoms with E-state index in [4.69, 9.17) is 13.9 Å². The Labute approximate surface area is 172 Å². The molecular formula is C23H21FO6. The summed E-state index contributed by atoms with van der Waals surface area (Å²) >= 11 is 0. The molecule has 2 aromatic carbocycles. The van der Waals surface area contributed by atoms with Gasteiger partial charge in [0.1, 0.15) is 17.1 Å². The second-order valence-corrected chi connectivity index (χ2v) is 7.11. The van der Waals surface area contributed by atoms with Gasteiger partial charge in [-0.05, 0) is 56.5 Å². The Morgan fingerprint density at radius 3 is 2.57 bits per heavy atom. The average Bonchev–Trinajstić information content (AvgIpc) is 2.66. The minimum Gasteiger partial charge on any atom is -0.463 e. The first kappa shape index (κ1) is 21.2. The lowest BCUT2D eigenvalue weighted by molar-refractivity contribution is -0.147. The van der Waals surface area contributed by atoms with Crippen LogP contribution in [0.5, 0.6) is 5.75 Å². The number of aryl methyl sites for hydroxylation is 2. The average molecular weight is 412 g/mol. The molecule has 0 saturated carbocycles. The quantitative estimate of drug-likeness (QED) is 0.340. The molecule has 1 heterocycles. The van der Waals surface area contributed by atoms with Gasteiger partial charge in [-0.2, -0.15) is 0 Å². The third-order valence-corrected chi connectivity index (χ3v) is 4.39. The number of benzene rings is 2. The standard InChI is InChI=1S/C23H21FO6/c1-13(2)28-21(25)9-8-15-11-17-14(3)10-22(26)29-20(17)12-19(15)30-23(27)16-6-4-5-7-18(16)24/h4-7,10-13H,8-9H2,1-3H3. The van der Waals surface area contributed by atoms with Crippen LogP contribution >= 0.6 is 0 Å². The Hall–Kier alpha value is -3.48. The van der Waals surface area contributed by atoms with Crippen LogP contribution in [0.15, 0.2) is 51.7 Å². The second-order valence-electron chi connectivity index (χ2n) is 7.11. The lowest BCUT2D eigenvalue weighted by Gasteiger charge is -2.13. The molecule has 0 saturated heterocycles. The van der Waals surface area contributed by atoms with E-state index in [1.165, 1.54) is 30.3 Å². The van der Waals surface area contributed by atoms with Crippen LogP contribution in [0.1, 0.15) is 41.8 Å². The first-order valence-corrected chi connectivity index (χ1v) is 9.48. The van der Waals surface area contributed by atoms with Crippen LogP contribution in [0.4, 0.5) is 4.39 Å². The molecule has 3 rings (SSSR count). The van der Waals surface area contributed by atoms with Gasteiger partial charge in [0.25, 0.3) is 0 Å². The molecule has 0 amide bonds.